The quantitative estimate of drug-likeness (QED) is 0.664. The van der Waals surface area contributed by atoms with Gasteiger partial charge in [-0.3, -0.25) is 14.9 Å². The van der Waals surface area contributed by atoms with Crippen molar-refractivity contribution in [1.82, 2.24) is 0 Å². The van der Waals surface area contributed by atoms with Gasteiger partial charge in [0.15, 0.2) is 0 Å². The summed E-state index contributed by atoms with van der Waals surface area (Å²) < 4.78 is 0. The molecule has 0 radical (unpaired) electrons. The average Bonchev–Trinajstić information content (AvgIpc) is 3.45. The van der Waals surface area contributed by atoms with Crippen LogP contribution in [0.3, 0.4) is 0 Å². The molecule has 1 aliphatic carbocycles. The van der Waals surface area contributed by atoms with E-state index in [1.807, 2.05) is 24.3 Å². The molecule has 1 saturated carbocycles. The molecule has 6 nitrogen and oxygen atoms in total. The summed E-state index contributed by atoms with van der Waals surface area (Å²) in [4.78, 5) is 26.7. The normalized spacial score (nSPS) is 16.2. The van der Waals surface area contributed by atoms with Gasteiger partial charge in [-0.2, -0.15) is 0 Å². The Morgan fingerprint density at radius 2 is 2.04 bits per heavy atom. The van der Waals surface area contributed by atoms with Crippen LogP contribution in [0.4, 0.5) is 17.1 Å². The van der Waals surface area contributed by atoms with Gasteiger partial charge in [0.25, 0.3) is 11.6 Å². The van der Waals surface area contributed by atoms with Crippen LogP contribution in [0.25, 0.3) is 0 Å². The van der Waals surface area contributed by atoms with Crippen molar-refractivity contribution in [2.24, 2.45) is 0 Å². The van der Waals surface area contributed by atoms with Crippen molar-refractivity contribution in [2.75, 3.05) is 22.5 Å². The summed E-state index contributed by atoms with van der Waals surface area (Å²) in [5.41, 5.74) is 1.65. The predicted octanol–water partition coefficient (Wildman–Crippen LogP) is 3.92. The van der Waals surface area contributed by atoms with E-state index in [-0.39, 0.29) is 11.6 Å². The minimum atomic E-state index is -0.429. The van der Waals surface area contributed by atoms with Crippen LogP contribution < -0.4 is 10.2 Å². The highest BCUT2D eigenvalue weighted by molar-refractivity contribution is 7.99. The summed E-state index contributed by atoms with van der Waals surface area (Å²) in [6.07, 6.45) is 2.06. The number of rotatable bonds is 4. The molecule has 0 atom stereocenters. The number of carbonyl (C=O) groups is 1. The van der Waals surface area contributed by atoms with Crippen molar-refractivity contribution in [3.8, 4) is 0 Å². The van der Waals surface area contributed by atoms with E-state index in [1.165, 1.54) is 6.07 Å². The van der Waals surface area contributed by atoms with E-state index < -0.39 is 4.92 Å². The Morgan fingerprint density at radius 1 is 1.24 bits per heavy atom. The number of hydrogen-bond acceptors (Lipinski definition) is 5. The number of nitro groups is 1. The summed E-state index contributed by atoms with van der Waals surface area (Å²) in [6, 6.07) is 12.8. The topological polar surface area (TPSA) is 75.5 Å². The molecule has 1 N–H and O–H groups in total. The van der Waals surface area contributed by atoms with Gasteiger partial charge >= 0.3 is 0 Å². The molecule has 25 heavy (non-hydrogen) atoms. The second-order valence-corrected chi connectivity index (χ2v) is 7.32. The lowest BCUT2D eigenvalue weighted by atomic mass is 10.1. The zero-order chi connectivity index (χ0) is 17.4. The highest BCUT2D eigenvalue weighted by Crippen LogP contribution is 2.36. The van der Waals surface area contributed by atoms with Gasteiger partial charge in [0.2, 0.25) is 0 Å². The van der Waals surface area contributed by atoms with Gasteiger partial charge in [-0.05, 0) is 37.1 Å². The summed E-state index contributed by atoms with van der Waals surface area (Å²) in [5, 5.41) is 14.6. The molecule has 1 aliphatic heterocycles. The number of hydrogen-bond donors (Lipinski definition) is 1. The van der Waals surface area contributed by atoms with Crippen LogP contribution in [0.15, 0.2) is 47.4 Å². The molecule has 7 heteroatoms. The molecule has 1 fully saturated rings. The first kappa shape index (κ1) is 16.0. The molecular weight excluding hydrogens is 338 g/mol. The van der Waals surface area contributed by atoms with Crippen LogP contribution in [0, 0.1) is 10.1 Å². The fourth-order valence-electron chi connectivity index (χ4n) is 2.92. The van der Waals surface area contributed by atoms with E-state index in [2.05, 4.69) is 5.32 Å². The highest BCUT2D eigenvalue weighted by atomic mass is 32.2. The molecule has 0 aromatic heterocycles. The Labute approximate surface area is 149 Å². The minimum Gasteiger partial charge on any atom is -0.377 e. The number of nitrogens with zero attached hydrogens (tertiary/aromatic N) is 2. The fourth-order valence-corrected chi connectivity index (χ4v) is 3.92. The van der Waals surface area contributed by atoms with Crippen molar-refractivity contribution in [3.05, 3.63) is 58.1 Å². The zero-order valence-electron chi connectivity index (χ0n) is 13.5. The zero-order valence-corrected chi connectivity index (χ0v) is 14.3. The van der Waals surface area contributed by atoms with Crippen LogP contribution >= 0.6 is 11.8 Å². The van der Waals surface area contributed by atoms with Gasteiger partial charge < -0.3 is 10.2 Å². The highest BCUT2D eigenvalue weighted by Gasteiger charge is 2.28. The van der Waals surface area contributed by atoms with Gasteiger partial charge in [-0.15, -0.1) is 11.8 Å². The number of nitrogens with one attached hydrogen (secondary N) is 1. The number of amides is 1. The maximum Gasteiger partial charge on any atom is 0.293 e. The third-order valence-electron chi connectivity index (χ3n) is 4.35. The lowest BCUT2D eigenvalue weighted by molar-refractivity contribution is -0.384. The molecule has 4 rings (SSSR count). The predicted molar refractivity (Wildman–Crippen MR) is 98.6 cm³/mol. The van der Waals surface area contributed by atoms with E-state index in [0.717, 1.165) is 29.2 Å². The van der Waals surface area contributed by atoms with Gasteiger partial charge in [0.05, 0.1) is 10.6 Å². The monoisotopic (exact) mass is 355 g/mol. The van der Waals surface area contributed by atoms with Crippen molar-refractivity contribution in [3.63, 3.8) is 0 Å². The standard InChI is InChI=1S/C18H17N3O3S/c22-18(20-9-10-25-17-4-2-1-3-15(17)20)12-5-8-14(19-13-6-7-13)16(11-12)21(23)24/h1-5,8,11,13,19H,6-7,9-10H2. The molecule has 1 heterocycles. The van der Waals surface area contributed by atoms with Gasteiger partial charge in [0.1, 0.15) is 5.69 Å². The van der Waals surface area contributed by atoms with Crippen molar-refractivity contribution < 1.29 is 9.72 Å². The summed E-state index contributed by atoms with van der Waals surface area (Å²) in [5.74, 6) is 0.612. The van der Waals surface area contributed by atoms with E-state index >= 15 is 0 Å². The molecule has 1 amide bonds. The molecule has 0 unspecified atom stereocenters. The van der Waals surface area contributed by atoms with Crippen LogP contribution in [0.2, 0.25) is 0 Å². The largest absolute Gasteiger partial charge is 0.377 e. The SMILES string of the molecule is O=C(c1ccc(NC2CC2)c([N+](=O)[O-])c1)N1CCSc2ccccc21. The first-order valence-electron chi connectivity index (χ1n) is 8.22. The first-order valence-corrected chi connectivity index (χ1v) is 9.21. The second-order valence-electron chi connectivity index (χ2n) is 6.18. The van der Waals surface area contributed by atoms with Crippen LogP contribution in [-0.4, -0.2) is 29.2 Å². The van der Waals surface area contributed by atoms with Gasteiger partial charge in [0, 0.05) is 34.9 Å². The van der Waals surface area contributed by atoms with E-state index in [4.69, 9.17) is 0 Å². The third-order valence-corrected chi connectivity index (χ3v) is 5.39. The number of para-hydroxylation sites is 1. The van der Waals surface area contributed by atoms with Crippen molar-refractivity contribution in [2.45, 2.75) is 23.8 Å². The molecule has 0 spiro atoms. The number of nitro benzene ring substituents is 1. The summed E-state index contributed by atoms with van der Waals surface area (Å²) >= 11 is 1.72. The lowest BCUT2D eigenvalue weighted by Gasteiger charge is -2.29. The van der Waals surface area contributed by atoms with Crippen molar-refractivity contribution >= 4 is 34.7 Å². The maximum atomic E-state index is 13.0. The Bertz CT molecular complexity index is 851. The molecule has 2 aromatic rings. The molecule has 128 valence electrons. The lowest BCUT2D eigenvalue weighted by Crippen LogP contribution is -2.35. The first-order chi connectivity index (χ1) is 12.1. The van der Waals surface area contributed by atoms with Crippen molar-refractivity contribution in [1.29, 1.82) is 0 Å². The summed E-state index contributed by atoms with van der Waals surface area (Å²) in [6.45, 7) is 0.594. The Kier molecular flexibility index (Phi) is 4.09. The molecular formula is C18H17N3O3S. The number of benzene rings is 2. The van der Waals surface area contributed by atoms with Crippen LogP contribution in [-0.2, 0) is 0 Å². The Hall–Kier alpha value is -2.54. The number of carbonyl (C=O) groups excluding carboxylic acids is 1. The smallest absolute Gasteiger partial charge is 0.293 e. The fraction of sp³-hybridized carbons (Fsp3) is 0.278. The maximum absolute atomic E-state index is 13.0. The number of anilines is 2. The van der Waals surface area contributed by atoms with Gasteiger partial charge in [-0.1, -0.05) is 12.1 Å². The van der Waals surface area contributed by atoms with E-state index in [9.17, 15) is 14.9 Å². The second kappa shape index (κ2) is 6.40. The number of fused-ring (bicyclic) bond motifs is 1. The Morgan fingerprint density at radius 3 is 2.80 bits per heavy atom. The van der Waals surface area contributed by atoms with Crippen LogP contribution in [0.5, 0.6) is 0 Å². The van der Waals surface area contributed by atoms with Crippen LogP contribution in [0.1, 0.15) is 23.2 Å². The average molecular weight is 355 g/mol. The molecule has 0 bridgehead atoms. The number of thioether (sulfide) groups is 1. The molecule has 2 aromatic carbocycles. The Balaban J connectivity index is 1.66. The molecule has 2 aliphatic rings. The van der Waals surface area contributed by atoms with Gasteiger partial charge in [-0.25, -0.2) is 0 Å². The summed E-state index contributed by atoms with van der Waals surface area (Å²) in [7, 11) is 0. The molecule has 0 saturated heterocycles. The minimum absolute atomic E-state index is 0.0441. The van der Waals surface area contributed by atoms with E-state index in [0.29, 0.717) is 23.8 Å². The third kappa shape index (κ3) is 3.19. The van der Waals surface area contributed by atoms with E-state index in [1.54, 1.807) is 28.8 Å².